The Hall–Kier alpha value is -1.71. The largest absolute Gasteiger partial charge is 0.258 e. The van der Waals surface area contributed by atoms with Gasteiger partial charge in [0.1, 0.15) is 12.0 Å². The first-order valence-electron chi connectivity index (χ1n) is 5.59. The second kappa shape index (κ2) is 6.00. The van der Waals surface area contributed by atoms with Crippen molar-refractivity contribution in [3.63, 3.8) is 0 Å². The van der Waals surface area contributed by atoms with E-state index in [0.29, 0.717) is 11.7 Å². The number of aromatic amines is 1. The Morgan fingerprint density at radius 1 is 1.19 bits per heavy atom. The molecule has 0 atom stereocenters. The van der Waals surface area contributed by atoms with Gasteiger partial charge in [0, 0.05) is 6.20 Å². The maximum atomic E-state index is 4.23. The minimum absolute atomic E-state index is 0.500. The molecule has 0 amide bonds. The molecule has 0 saturated carbocycles. The molecule has 16 heavy (non-hydrogen) atoms. The molecule has 4 heteroatoms. The zero-order valence-corrected chi connectivity index (χ0v) is 10.2. The maximum Gasteiger partial charge on any atom is 0.174 e. The van der Waals surface area contributed by atoms with Crippen LogP contribution in [0.5, 0.6) is 0 Å². The lowest BCUT2D eigenvalue weighted by Gasteiger charge is -2.05. The summed E-state index contributed by atoms with van der Waals surface area (Å²) < 4.78 is 0. The SMILES string of the molecule is CC.CC(C)c1ccnc(-c2ncn[nH]2)c1. The molecule has 0 aromatic carbocycles. The Bertz CT molecular complexity index is 407. The van der Waals surface area contributed by atoms with Crippen molar-refractivity contribution in [3.8, 4) is 11.5 Å². The van der Waals surface area contributed by atoms with Crippen LogP contribution in [0, 0.1) is 0 Å². The standard InChI is InChI=1S/C10H12N4.C2H6/c1-7(2)8-3-4-11-9(5-8)10-12-6-13-14-10;1-2/h3-7H,1-2H3,(H,12,13,14);1-2H3. The third-order valence-corrected chi connectivity index (χ3v) is 2.11. The zero-order valence-electron chi connectivity index (χ0n) is 10.2. The predicted molar refractivity (Wildman–Crippen MR) is 65.1 cm³/mol. The number of nitrogens with one attached hydrogen (secondary N) is 1. The van der Waals surface area contributed by atoms with Crippen molar-refractivity contribution in [2.45, 2.75) is 33.6 Å². The van der Waals surface area contributed by atoms with Gasteiger partial charge in [0.05, 0.1) is 0 Å². The number of hydrogen-bond acceptors (Lipinski definition) is 3. The van der Waals surface area contributed by atoms with E-state index in [1.54, 1.807) is 6.20 Å². The number of hydrogen-bond donors (Lipinski definition) is 1. The molecule has 0 radical (unpaired) electrons. The minimum Gasteiger partial charge on any atom is -0.258 e. The first-order chi connectivity index (χ1) is 7.77. The molecular weight excluding hydrogens is 200 g/mol. The lowest BCUT2D eigenvalue weighted by Crippen LogP contribution is -1.91. The summed E-state index contributed by atoms with van der Waals surface area (Å²) in [5.74, 6) is 1.21. The normalized spacial score (nSPS) is 9.81. The summed E-state index contributed by atoms with van der Waals surface area (Å²) in [6.07, 6.45) is 3.28. The van der Waals surface area contributed by atoms with Gasteiger partial charge in [0.2, 0.25) is 0 Å². The van der Waals surface area contributed by atoms with Crippen LogP contribution in [0.3, 0.4) is 0 Å². The number of nitrogens with zero attached hydrogens (tertiary/aromatic N) is 3. The summed E-state index contributed by atoms with van der Waals surface area (Å²) in [6.45, 7) is 8.30. The molecule has 0 aliphatic carbocycles. The van der Waals surface area contributed by atoms with Crippen molar-refractivity contribution in [2.24, 2.45) is 0 Å². The van der Waals surface area contributed by atoms with Gasteiger partial charge in [-0.05, 0) is 23.6 Å². The highest BCUT2D eigenvalue weighted by molar-refractivity contribution is 5.49. The molecule has 0 fully saturated rings. The van der Waals surface area contributed by atoms with E-state index in [1.165, 1.54) is 11.9 Å². The van der Waals surface area contributed by atoms with E-state index in [2.05, 4.69) is 34.0 Å². The van der Waals surface area contributed by atoms with E-state index in [0.717, 1.165) is 5.69 Å². The predicted octanol–water partition coefficient (Wildman–Crippen LogP) is 3.02. The molecular formula is C12H18N4. The summed E-state index contributed by atoms with van der Waals surface area (Å²) >= 11 is 0. The van der Waals surface area contributed by atoms with Gasteiger partial charge >= 0.3 is 0 Å². The average molecular weight is 218 g/mol. The van der Waals surface area contributed by atoms with E-state index in [1.807, 2.05) is 26.0 Å². The Morgan fingerprint density at radius 2 is 1.94 bits per heavy atom. The fraction of sp³-hybridized carbons (Fsp3) is 0.417. The summed E-state index contributed by atoms with van der Waals surface area (Å²) in [4.78, 5) is 8.29. The van der Waals surface area contributed by atoms with Crippen LogP contribution >= 0.6 is 0 Å². The van der Waals surface area contributed by atoms with E-state index < -0.39 is 0 Å². The Labute approximate surface area is 96.2 Å². The average Bonchev–Trinajstić information content (AvgIpc) is 2.85. The Kier molecular flexibility index (Phi) is 4.64. The zero-order chi connectivity index (χ0) is 12.0. The second-order valence-electron chi connectivity index (χ2n) is 3.46. The monoisotopic (exact) mass is 218 g/mol. The van der Waals surface area contributed by atoms with Crippen LogP contribution in [0.2, 0.25) is 0 Å². The van der Waals surface area contributed by atoms with Crippen molar-refractivity contribution >= 4 is 0 Å². The van der Waals surface area contributed by atoms with Gasteiger partial charge < -0.3 is 0 Å². The van der Waals surface area contributed by atoms with Crippen molar-refractivity contribution in [1.29, 1.82) is 0 Å². The lowest BCUT2D eigenvalue weighted by molar-refractivity contribution is 0.863. The fourth-order valence-corrected chi connectivity index (χ4v) is 1.26. The molecule has 2 aromatic rings. The number of H-pyrrole nitrogens is 1. The van der Waals surface area contributed by atoms with Gasteiger partial charge in [-0.15, -0.1) is 0 Å². The molecule has 0 aliphatic heterocycles. The topological polar surface area (TPSA) is 54.5 Å². The van der Waals surface area contributed by atoms with Crippen molar-refractivity contribution < 1.29 is 0 Å². The molecule has 0 bridgehead atoms. The first kappa shape index (κ1) is 12.4. The highest BCUT2D eigenvalue weighted by atomic mass is 15.2. The number of pyridine rings is 1. The van der Waals surface area contributed by atoms with Gasteiger partial charge in [-0.25, -0.2) is 4.98 Å². The molecule has 0 aliphatic rings. The molecule has 2 rings (SSSR count). The molecule has 0 saturated heterocycles. The number of rotatable bonds is 2. The molecule has 0 spiro atoms. The van der Waals surface area contributed by atoms with E-state index >= 15 is 0 Å². The van der Waals surface area contributed by atoms with Gasteiger partial charge in [0.25, 0.3) is 0 Å². The van der Waals surface area contributed by atoms with Crippen LogP contribution in [-0.4, -0.2) is 20.2 Å². The smallest absolute Gasteiger partial charge is 0.174 e. The molecule has 2 heterocycles. The second-order valence-corrected chi connectivity index (χ2v) is 3.46. The van der Waals surface area contributed by atoms with Gasteiger partial charge in [-0.3, -0.25) is 10.1 Å². The Morgan fingerprint density at radius 3 is 2.50 bits per heavy atom. The van der Waals surface area contributed by atoms with Crippen LogP contribution in [0.1, 0.15) is 39.2 Å². The highest BCUT2D eigenvalue weighted by Gasteiger charge is 2.04. The third kappa shape index (κ3) is 2.89. The van der Waals surface area contributed by atoms with Crippen LogP contribution in [-0.2, 0) is 0 Å². The van der Waals surface area contributed by atoms with Gasteiger partial charge in [-0.2, -0.15) is 5.10 Å². The summed E-state index contributed by atoms with van der Waals surface area (Å²) in [5.41, 5.74) is 2.10. The van der Waals surface area contributed by atoms with Crippen molar-refractivity contribution in [3.05, 3.63) is 30.2 Å². The molecule has 2 aromatic heterocycles. The molecule has 86 valence electrons. The van der Waals surface area contributed by atoms with Crippen molar-refractivity contribution in [1.82, 2.24) is 20.2 Å². The van der Waals surface area contributed by atoms with E-state index in [4.69, 9.17) is 0 Å². The molecule has 0 unspecified atom stereocenters. The lowest BCUT2D eigenvalue weighted by atomic mass is 10.0. The van der Waals surface area contributed by atoms with Crippen LogP contribution in [0.25, 0.3) is 11.5 Å². The quantitative estimate of drug-likeness (QED) is 0.843. The summed E-state index contributed by atoms with van der Waals surface area (Å²) in [5, 5.41) is 6.59. The third-order valence-electron chi connectivity index (χ3n) is 2.11. The van der Waals surface area contributed by atoms with E-state index in [-0.39, 0.29) is 0 Å². The van der Waals surface area contributed by atoms with Crippen LogP contribution in [0.15, 0.2) is 24.7 Å². The van der Waals surface area contributed by atoms with Gasteiger partial charge in [-0.1, -0.05) is 27.7 Å². The van der Waals surface area contributed by atoms with Gasteiger partial charge in [0.15, 0.2) is 5.82 Å². The first-order valence-corrected chi connectivity index (χ1v) is 5.59. The van der Waals surface area contributed by atoms with Crippen LogP contribution in [0.4, 0.5) is 0 Å². The Balaban J connectivity index is 0.000000606. The maximum absolute atomic E-state index is 4.23. The summed E-state index contributed by atoms with van der Waals surface area (Å²) in [6, 6.07) is 4.05. The van der Waals surface area contributed by atoms with Crippen molar-refractivity contribution in [2.75, 3.05) is 0 Å². The highest BCUT2D eigenvalue weighted by Crippen LogP contribution is 2.18. The minimum atomic E-state index is 0.500. The molecule has 1 N–H and O–H groups in total. The fourth-order valence-electron chi connectivity index (χ4n) is 1.26. The molecule has 4 nitrogen and oxygen atoms in total. The van der Waals surface area contributed by atoms with E-state index in [9.17, 15) is 0 Å². The van der Waals surface area contributed by atoms with Crippen LogP contribution < -0.4 is 0 Å². The number of aromatic nitrogens is 4. The summed E-state index contributed by atoms with van der Waals surface area (Å²) in [7, 11) is 0.